The molecular formula is C36H16F2N2S6. The van der Waals surface area contributed by atoms with Gasteiger partial charge in [0.15, 0.2) is 10.3 Å². The molecule has 4 aromatic carbocycles. The number of halogens is 2. The van der Waals surface area contributed by atoms with Crippen molar-refractivity contribution in [2.75, 3.05) is 0 Å². The van der Waals surface area contributed by atoms with Crippen LogP contribution in [0, 0.1) is 10.3 Å². The Labute approximate surface area is 284 Å². The smallest absolute Gasteiger partial charge is 0.178 e. The van der Waals surface area contributed by atoms with Crippen molar-refractivity contribution in [1.29, 1.82) is 0 Å². The first-order valence-electron chi connectivity index (χ1n) is 14.2. The molecule has 46 heavy (non-hydrogen) atoms. The minimum atomic E-state index is -0.134. The maximum Gasteiger partial charge on any atom is 0.178 e. The van der Waals surface area contributed by atoms with E-state index in [9.17, 15) is 8.78 Å². The molecule has 0 radical (unpaired) electrons. The van der Waals surface area contributed by atoms with Crippen LogP contribution in [0.4, 0.5) is 8.78 Å². The van der Waals surface area contributed by atoms with Gasteiger partial charge in [0.25, 0.3) is 0 Å². The van der Waals surface area contributed by atoms with Crippen LogP contribution in [0.5, 0.6) is 0 Å². The summed E-state index contributed by atoms with van der Waals surface area (Å²) in [6.45, 7) is 0. The summed E-state index contributed by atoms with van der Waals surface area (Å²) < 4.78 is 33.3. The molecular weight excluding hydrogens is 691 g/mol. The Morgan fingerprint density at radius 2 is 0.761 bits per heavy atom. The summed E-state index contributed by atoms with van der Waals surface area (Å²) in [5.41, 5.74) is 6.43. The number of thiazole rings is 2. The zero-order valence-corrected chi connectivity index (χ0v) is 28.2. The highest BCUT2D eigenvalue weighted by atomic mass is 32.1. The Hall–Kier alpha value is -3.90. The Bertz CT molecular complexity index is 2450. The average Bonchev–Trinajstić information content (AvgIpc) is 3.89. The highest BCUT2D eigenvalue weighted by Gasteiger charge is 2.14. The minimum Gasteiger partial charge on any atom is -0.236 e. The number of thiophene rings is 4. The zero-order valence-electron chi connectivity index (χ0n) is 23.3. The first-order chi connectivity index (χ1) is 22.5. The van der Waals surface area contributed by atoms with E-state index in [1.165, 1.54) is 22.7 Å². The van der Waals surface area contributed by atoms with Gasteiger partial charge < -0.3 is 0 Å². The second-order valence-corrected chi connectivity index (χ2v) is 17.3. The molecule has 0 amide bonds. The van der Waals surface area contributed by atoms with E-state index in [1.54, 1.807) is 57.5 Å². The molecule has 10 rings (SSSR count). The summed E-state index contributed by atoms with van der Waals surface area (Å²) in [5.74, 6) is 0. The minimum absolute atomic E-state index is 0.134. The van der Waals surface area contributed by atoms with Crippen LogP contribution in [-0.4, -0.2) is 9.97 Å². The fraction of sp³-hybridized carbons (Fsp3) is 0. The third kappa shape index (κ3) is 4.55. The average molecular weight is 707 g/mol. The van der Waals surface area contributed by atoms with Crippen LogP contribution in [0.15, 0.2) is 97.1 Å². The Kier molecular flexibility index (Phi) is 6.10. The molecule has 0 N–H and O–H groups in total. The van der Waals surface area contributed by atoms with E-state index in [-0.39, 0.29) is 10.3 Å². The Morgan fingerprint density at radius 3 is 1.17 bits per heavy atom. The molecule has 0 spiro atoms. The van der Waals surface area contributed by atoms with Crippen LogP contribution in [0.3, 0.4) is 0 Å². The standard InChI is InChI=1S/C36H16F2N2S6/c37-33-15-31-29(43-33)13-25(41-31)17-1-5-19(6-2-17)35-39-23-9-21-12-28-24(10-22(21)11-27(23)45-35)40-36(46-28)20-7-3-18(4-8-20)26-14-30-32(42-26)16-34(38)44-30/h1-16H. The van der Waals surface area contributed by atoms with Gasteiger partial charge in [-0.2, -0.15) is 8.78 Å². The van der Waals surface area contributed by atoms with E-state index < -0.39 is 0 Å². The van der Waals surface area contributed by atoms with Crippen molar-refractivity contribution >= 4 is 118 Å². The van der Waals surface area contributed by atoms with Gasteiger partial charge in [-0.25, -0.2) is 9.97 Å². The molecule has 0 fully saturated rings. The molecule has 2 nitrogen and oxygen atoms in total. The Morgan fingerprint density at radius 1 is 0.370 bits per heavy atom. The van der Waals surface area contributed by atoms with Crippen molar-refractivity contribution in [2.24, 2.45) is 0 Å². The number of nitrogens with zero attached hydrogens (tertiary/aromatic N) is 2. The third-order valence-corrected chi connectivity index (χ3v) is 14.4. The summed E-state index contributed by atoms with van der Waals surface area (Å²) >= 11 is 9.04. The number of fused-ring (bicyclic) bond motifs is 5. The molecule has 0 aliphatic carbocycles. The van der Waals surface area contributed by atoms with E-state index >= 15 is 0 Å². The summed E-state index contributed by atoms with van der Waals surface area (Å²) in [4.78, 5) is 12.3. The van der Waals surface area contributed by atoms with E-state index in [0.29, 0.717) is 0 Å². The summed E-state index contributed by atoms with van der Waals surface area (Å²) in [5, 5.41) is 4.02. The molecule has 0 bridgehead atoms. The SMILES string of the molecule is Fc1cc2sc(-c3ccc(-c4nc5cc6cc7sc(-c8ccc(-c9cc%10sc(F)cc%10s9)cc8)nc7cc6cc5s4)cc3)cc2s1. The van der Waals surface area contributed by atoms with Gasteiger partial charge in [-0.3, -0.25) is 0 Å². The van der Waals surface area contributed by atoms with Crippen molar-refractivity contribution in [3.63, 3.8) is 0 Å². The monoisotopic (exact) mass is 706 g/mol. The highest BCUT2D eigenvalue weighted by molar-refractivity contribution is 7.29. The van der Waals surface area contributed by atoms with E-state index in [2.05, 4.69) is 84.9 Å². The highest BCUT2D eigenvalue weighted by Crippen LogP contribution is 2.41. The predicted octanol–water partition coefficient (Wildman–Crippen LogP) is 13.6. The molecule has 0 unspecified atom stereocenters. The van der Waals surface area contributed by atoms with Crippen LogP contribution < -0.4 is 0 Å². The summed E-state index contributed by atoms with van der Waals surface area (Å²) in [6, 6.07) is 33.2. The second-order valence-electron chi connectivity index (χ2n) is 11.0. The molecule has 6 aromatic heterocycles. The zero-order chi connectivity index (χ0) is 30.5. The normalized spacial score (nSPS) is 12.1. The number of benzene rings is 4. The fourth-order valence-electron chi connectivity index (χ4n) is 5.79. The van der Waals surface area contributed by atoms with Crippen LogP contribution in [0.2, 0.25) is 0 Å². The molecule has 10 aromatic rings. The van der Waals surface area contributed by atoms with Crippen molar-refractivity contribution in [3.8, 4) is 42.0 Å². The lowest BCUT2D eigenvalue weighted by Crippen LogP contribution is -1.78. The van der Waals surface area contributed by atoms with Crippen LogP contribution in [-0.2, 0) is 0 Å². The van der Waals surface area contributed by atoms with Crippen molar-refractivity contribution < 1.29 is 8.78 Å². The molecule has 0 saturated carbocycles. The summed E-state index contributed by atoms with van der Waals surface area (Å²) in [7, 11) is 0. The van der Waals surface area contributed by atoms with Crippen molar-refractivity contribution in [2.45, 2.75) is 0 Å². The van der Waals surface area contributed by atoms with Gasteiger partial charge in [-0.15, -0.1) is 68.0 Å². The maximum absolute atomic E-state index is 13.5. The second kappa shape index (κ2) is 10.3. The lowest BCUT2D eigenvalue weighted by Gasteiger charge is -1.99. The van der Waals surface area contributed by atoms with Gasteiger partial charge >= 0.3 is 0 Å². The first-order valence-corrected chi connectivity index (χ1v) is 19.1. The van der Waals surface area contributed by atoms with Gasteiger partial charge in [-0.05, 0) is 58.3 Å². The number of hydrogen-bond acceptors (Lipinski definition) is 8. The maximum atomic E-state index is 13.5. The van der Waals surface area contributed by atoms with Crippen LogP contribution in [0.1, 0.15) is 0 Å². The molecule has 220 valence electrons. The Balaban J connectivity index is 0.941. The van der Waals surface area contributed by atoms with E-state index in [1.807, 2.05) is 0 Å². The lowest BCUT2D eigenvalue weighted by molar-refractivity contribution is 0.658. The molecule has 0 saturated heterocycles. The number of hydrogen-bond donors (Lipinski definition) is 0. The largest absolute Gasteiger partial charge is 0.236 e. The lowest BCUT2D eigenvalue weighted by atomic mass is 10.1. The van der Waals surface area contributed by atoms with Gasteiger partial charge in [0.05, 0.1) is 20.4 Å². The number of rotatable bonds is 4. The third-order valence-electron chi connectivity index (χ3n) is 8.04. The molecule has 10 heteroatoms. The topological polar surface area (TPSA) is 25.8 Å². The molecule has 0 aliphatic heterocycles. The molecule has 0 atom stereocenters. The summed E-state index contributed by atoms with van der Waals surface area (Å²) in [6.07, 6.45) is 0. The van der Waals surface area contributed by atoms with Crippen LogP contribution >= 0.6 is 68.0 Å². The van der Waals surface area contributed by atoms with E-state index in [4.69, 9.17) is 9.97 Å². The molecule has 0 aliphatic rings. The van der Waals surface area contributed by atoms with E-state index in [0.717, 1.165) is 92.0 Å². The first kappa shape index (κ1) is 27.2. The predicted molar refractivity (Wildman–Crippen MR) is 198 cm³/mol. The van der Waals surface area contributed by atoms with Gasteiger partial charge in [0.1, 0.15) is 10.0 Å². The van der Waals surface area contributed by atoms with Crippen molar-refractivity contribution in [1.82, 2.24) is 9.97 Å². The number of aromatic nitrogens is 2. The quantitative estimate of drug-likeness (QED) is 0.182. The fourth-order valence-corrected chi connectivity index (χ4v) is 12.0. The molecule has 6 heterocycles. The van der Waals surface area contributed by atoms with Gasteiger partial charge in [-0.1, -0.05) is 48.5 Å². The van der Waals surface area contributed by atoms with Crippen molar-refractivity contribution in [3.05, 3.63) is 107 Å². The van der Waals surface area contributed by atoms with Gasteiger partial charge in [0, 0.05) is 51.8 Å². The van der Waals surface area contributed by atoms with Crippen LogP contribution in [0.25, 0.3) is 92.0 Å². The van der Waals surface area contributed by atoms with Gasteiger partial charge in [0.2, 0.25) is 0 Å².